The lowest BCUT2D eigenvalue weighted by Crippen LogP contribution is -2.52. The molecule has 1 aromatic rings. The van der Waals surface area contributed by atoms with Gasteiger partial charge in [0.2, 0.25) is 0 Å². The Kier molecular flexibility index (Phi) is 4.42. The van der Waals surface area contributed by atoms with E-state index in [0.29, 0.717) is 30.9 Å². The summed E-state index contributed by atoms with van der Waals surface area (Å²) in [5.41, 5.74) is 7.70. The third kappa shape index (κ3) is 3.47. The van der Waals surface area contributed by atoms with Gasteiger partial charge in [0.25, 0.3) is 0 Å². The summed E-state index contributed by atoms with van der Waals surface area (Å²) in [5, 5.41) is 0. The average Bonchev–Trinajstić information content (AvgIpc) is 2.36. The van der Waals surface area contributed by atoms with Crippen LogP contribution in [0.1, 0.15) is 38.1 Å². The standard InChI is InChI=1S/C16H24N2O3/c1-5-20-15(19)12-7-6-8-13(17)14(12)18-9-11(2)21-16(3,4)10-18/h6-8,11H,5,9-10,17H2,1-4H3. The van der Waals surface area contributed by atoms with Crippen LogP contribution in [0.3, 0.4) is 0 Å². The molecule has 1 heterocycles. The zero-order valence-electron chi connectivity index (χ0n) is 13.2. The highest BCUT2D eigenvalue weighted by atomic mass is 16.5. The van der Waals surface area contributed by atoms with E-state index in [1.54, 1.807) is 19.1 Å². The van der Waals surface area contributed by atoms with Gasteiger partial charge >= 0.3 is 5.97 Å². The molecule has 1 aromatic carbocycles. The molecule has 1 atom stereocenters. The van der Waals surface area contributed by atoms with Crippen molar-refractivity contribution >= 4 is 17.3 Å². The first-order valence-corrected chi connectivity index (χ1v) is 7.32. The van der Waals surface area contributed by atoms with E-state index in [-0.39, 0.29) is 17.7 Å². The van der Waals surface area contributed by atoms with E-state index in [9.17, 15) is 4.79 Å². The molecule has 0 spiro atoms. The molecule has 1 fully saturated rings. The summed E-state index contributed by atoms with van der Waals surface area (Å²) >= 11 is 0. The summed E-state index contributed by atoms with van der Waals surface area (Å²) in [6.07, 6.45) is 0.0726. The van der Waals surface area contributed by atoms with Crippen LogP contribution in [0.5, 0.6) is 0 Å². The lowest BCUT2D eigenvalue weighted by atomic mass is 10.0. The summed E-state index contributed by atoms with van der Waals surface area (Å²) < 4.78 is 11.1. The molecule has 1 unspecified atom stereocenters. The Bertz CT molecular complexity index is 528. The maximum Gasteiger partial charge on any atom is 0.340 e. The number of hydrogen-bond acceptors (Lipinski definition) is 5. The van der Waals surface area contributed by atoms with Crippen LogP contribution in [0.25, 0.3) is 0 Å². The van der Waals surface area contributed by atoms with Crippen molar-refractivity contribution < 1.29 is 14.3 Å². The van der Waals surface area contributed by atoms with Crippen LogP contribution in [-0.2, 0) is 9.47 Å². The van der Waals surface area contributed by atoms with Crippen molar-refractivity contribution in [1.82, 2.24) is 0 Å². The lowest BCUT2D eigenvalue weighted by Gasteiger charge is -2.43. The van der Waals surface area contributed by atoms with Crippen LogP contribution >= 0.6 is 0 Å². The van der Waals surface area contributed by atoms with Gasteiger partial charge in [0.05, 0.1) is 35.3 Å². The van der Waals surface area contributed by atoms with E-state index >= 15 is 0 Å². The summed E-state index contributed by atoms with van der Waals surface area (Å²) in [6, 6.07) is 5.35. The molecular formula is C16H24N2O3. The molecule has 0 saturated carbocycles. The maximum atomic E-state index is 12.2. The van der Waals surface area contributed by atoms with Gasteiger partial charge in [0, 0.05) is 13.1 Å². The molecule has 0 bridgehead atoms. The van der Waals surface area contributed by atoms with Crippen molar-refractivity contribution in [2.45, 2.75) is 39.4 Å². The molecule has 0 aliphatic carbocycles. The minimum absolute atomic E-state index is 0.0726. The number of morpholine rings is 1. The number of nitrogens with two attached hydrogens (primary N) is 1. The van der Waals surface area contributed by atoms with Gasteiger partial charge in [-0.15, -0.1) is 0 Å². The maximum absolute atomic E-state index is 12.2. The van der Waals surface area contributed by atoms with Crippen LogP contribution in [0, 0.1) is 0 Å². The highest BCUT2D eigenvalue weighted by Gasteiger charge is 2.33. The molecule has 2 rings (SSSR count). The predicted octanol–water partition coefficient (Wildman–Crippen LogP) is 2.45. The Morgan fingerprint density at radius 1 is 1.52 bits per heavy atom. The molecular weight excluding hydrogens is 268 g/mol. The minimum Gasteiger partial charge on any atom is -0.462 e. The van der Waals surface area contributed by atoms with Gasteiger partial charge in [0.15, 0.2) is 0 Å². The van der Waals surface area contributed by atoms with Crippen molar-refractivity contribution in [2.75, 3.05) is 30.3 Å². The number of benzene rings is 1. The van der Waals surface area contributed by atoms with E-state index in [0.717, 1.165) is 5.69 Å². The van der Waals surface area contributed by atoms with Crippen molar-refractivity contribution in [3.8, 4) is 0 Å². The molecule has 0 aromatic heterocycles. The Balaban J connectivity index is 2.40. The summed E-state index contributed by atoms with van der Waals surface area (Å²) in [4.78, 5) is 14.3. The zero-order valence-corrected chi connectivity index (χ0v) is 13.2. The lowest BCUT2D eigenvalue weighted by molar-refractivity contribution is -0.0749. The molecule has 116 valence electrons. The topological polar surface area (TPSA) is 64.8 Å². The number of esters is 1. The normalized spacial score (nSPS) is 21.1. The van der Waals surface area contributed by atoms with Gasteiger partial charge < -0.3 is 20.1 Å². The van der Waals surface area contributed by atoms with Crippen LogP contribution in [-0.4, -0.2) is 37.4 Å². The molecule has 0 amide bonds. The van der Waals surface area contributed by atoms with E-state index < -0.39 is 0 Å². The number of nitrogen functional groups attached to an aromatic ring is 1. The van der Waals surface area contributed by atoms with E-state index in [1.807, 2.05) is 26.8 Å². The molecule has 1 saturated heterocycles. The smallest absolute Gasteiger partial charge is 0.340 e. The zero-order chi connectivity index (χ0) is 15.6. The number of carbonyl (C=O) groups is 1. The number of carbonyl (C=O) groups excluding carboxylic acids is 1. The quantitative estimate of drug-likeness (QED) is 0.685. The Labute approximate surface area is 126 Å². The summed E-state index contributed by atoms with van der Waals surface area (Å²) in [7, 11) is 0. The third-order valence-corrected chi connectivity index (χ3v) is 3.45. The van der Waals surface area contributed by atoms with Crippen LogP contribution < -0.4 is 10.6 Å². The monoisotopic (exact) mass is 292 g/mol. The largest absolute Gasteiger partial charge is 0.462 e. The first-order chi connectivity index (χ1) is 9.84. The molecule has 2 N–H and O–H groups in total. The fourth-order valence-corrected chi connectivity index (χ4v) is 2.91. The molecule has 5 heteroatoms. The molecule has 1 aliphatic heterocycles. The Morgan fingerprint density at radius 2 is 2.24 bits per heavy atom. The van der Waals surface area contributed by atoms with Crippen molar-refractivity contribution in [3.63, 3.8) is 0 Å². The Morgan fingerprint density at radius 3 is 2.86 bits per heavy atom. The first kappa shape index (κ1) is 15.6. The summed E-state index contributed by atoms with van der Waals surface area (Å²) in [5.74, 6) is -0.336. The van der Waals surface area contributed by atoms with E-state index in [4.69, 9.17) is 15.2 Å². The van der Waals surface area contributed by atoms with Gasteiger partial charge in [0.1, 0.15) is 0 Å². The van der Waals surface area contributed by atoms with Gasteiger partial charge in [-0.2, -0.15) is 0 Å². The van der Waals surface area contributed by atoms with Crippen molar-refractivity contribution in [2.24, 2.45) is 0 Å². The summed E-state index contributed by atoms with van der Waals surface area (Å²) in [6.45, 7) is 9.62. The number of nitrogens with zero attached hydrogens (tertiary/aromatic N) is 1. The fourth-order valence-electron chi connectivity index (χ4n) is 2.91. The van der Waals surface area contributed by atoms with Gasteiger partial charge in [-0.05, 0) is 39.8 Å². The SMILES string of the molecule is CCOC(=O)c1cccc(N)c1N1CC(C)OC(C)(C)C1. The highest BCUT2D eigenvalue weighted by Crippen LogP contribution is 2.33. The first-order valence-electron chi connectivity index (χ1n) is 7.32. The Hall–Kier alpha value is -1.75. The molecule has 5 nitrogen and oxygen atoms in total. The van der Waals surface area contributed by atoms with Crippen LogP contribution in [0.4, 0.5) is 11.4 Å². The fraction of sp³-hybridized carbons (Fsp3) is 0.562. The second-order valence-electron chi connectivity index (χ2n) is 6.03. The minimum atomic E-state index is -0.336. The number of rotatable bonds is 3. The molecule has 21 heavy (non-hydrogen) atoms. The predicted molar refractivity (Wildman–Crippen MR) is 83.6 cm³/mol. The van der Waals surface area contributed by atoms with E-state index in [1.165, 1.54) is 0 Å². The van der Waals surface area contributed by atoms with Crippen LogP contribution in [0.15, 0.2) is 18.2 Å². The number of ether oxygens (including phenoxy) is 2. The van der Waals surface area contributed by atoms with Gasteiger partial charge in [-0.25, -0.2) is 4.79 Å². The van der Waals surface area contributed by atoms with Gasteiger partial charge in [-0.1, -0.05) is 6.07 Å². The second-order valence-corrected chi connectivity index (χ2v) is 6.03. The third-order valence-electron chi connectivity index (χ3n) is 3.45. The number of para-hydroxylation sites is 1. The average molecular weight is 292 g/mol. The number of anilines is 2. The number of hydrogen-bond donors (Lipinski definition) is 1. The molecule has 0 radical (unpaired) electrons. The van der Waals surface area contributed by atoms with Gasteiger partial charge in [-0.3, -0.25) is 0 Å². The van der Waals surface area contributed by atoms with Crippen molar-refractivity contribution in [3.05, 3.63) is 23.8 Å². The van der Waals surface area contributed by atoms with E-state index in [2.05, 4.69) is 4.90 Å². The van der Waals surface area contributed by atoms with Crippen LogP contribution in [0.2, 0.25) is 0 Å². The second kappa shape index (κ2) is 5.93. The van der Waals surface area contributed by atoms with Crippen molar-refractivity contribution in [1.29, 1.82) is 0 Å². The molecule has 1 aliphatic rings. The highest BCUT2D eigenvalue weighted by molar-refractivity contribution is 5.99.